The number of rotatable bonds is 6. The van der Waals surface area contributed by atoms with Gasteiger partial charge in [-0.25, -0.2) is 4.68 Å². The number of aromatic nitrogens is 4. The van der Waals surface area contributed by atoms with Gasteiger partial charge in [-0.2, -0.15) is 5.26 Å². The number of aliphatic carboxylic acids is 1. The van der Waals surface area contributed by atoms with E-state index in [1.165, 1.54) is 16.4 Å². The van der Waals surface area contributed by atoms with Crippen LogP contribution in [0.25, 0.3) is 0 Å². The summed E-state index contributed by atoms with van der Waals surface area (Å²) in [5.41, 5.74) is -1.17. The second kappa shape index (κ2) is 7.57. The van der Waals surface area contributed by atoms with Crippen LogP contribution in [0.5, 0.6) is 0 Å². The Balaban J connectivity index is 0.00000225. The first-order valence-corrected chi connectivity index (χ1v) is 9.20. The Labute approximate surface area is 185 Å². The Morgan fingerprint density at radius 2 is 2.25 bits per heavy atom. The number of aryl methyl sites for hydroxylation is 1. The molecule has 1 aromatic rings. The van der Waals surface area contributed by atoms with Crippen molar-refractivity contribution in [3.05, 3.63) is 11.3 Å². The van der Waals surface area contributed by atoms with Crippen molar-refractivity contribution < 1.29 is 49.0 Å². The summed E-state index contributed by atoms with van der Waals surface area (Å²) < 4.78 is 1.45. The molecule has 3 aliphatic heterocycles. The summed E-state index contributed by atoms with van der Waals surface area (Å²) in [6.45, 7) is 0.469. The van der Waals surface area contributed by atoms with E-state index in [2.05, 4.69) is 20.8 Å². The summed E-state index contributed by atoms with van der Waals surface area (Å²) in [4.78, 5) is 38.3. The van der Waals surface area contributed by atoms with E-state index in [4.69, 9.17) is 5.26 Å². The average Bonchev–Trinajstić information content (AvgIpc) is 3.17. The summed E-state index contributed by atoms with van der Waals surface area (Å²) in [7, 11) is 1.65. The molecule has 11 nitrogen and oxygen atoms in total. The van der Waals surface area contributed by atoms with E-state index in [-0.39, 0.29) is 41.0 Å². The Kier molecular flexibility index (Phi) is 5.66. The number of tetrazole rings is 1. The number of carboxylic acid groups (broad SMARTS) is 1. The SMILES string of the molecule is Cn1nnnc1SCC1=C(C(=O)[O-])N2C(=O)[C@H]3NCCC1[C@]32C(=O)CC#N.[Na+]. The number of hydrogen-bond acceptors (Lipinski definition) is 10. The number of amides is 1. The van der Waals surface area contributed by atoms with Crippen LogP contribution >= 0.6 is 11.8 Å². The first-order chi connectivity index (χ1) is 12.9. The van der Waals surface area contributed by atoms with Crippen LogP contribution in [-0.2, 0) is 21.4 Å². The maximum atomic E-state index is 12.8. The number of nitrogens with one attached hydrogen (secondary N) is 1. The second-order valence-electron chi connectivity index (χ2n) is 6.52. The molecule has 0 spiro atoms. The molecule has 1 N–H and O–H groups in total. The number of carbonyl (C=O) groups is 3. The molecule has 4 rings (SSSR count). The van der Waals surface area contributed by atoms with Gasteiger partial charge in [-0.15, -0.1) is 5.10 Å². The van der Waals surface area contributed by atoms with Crippen molar-refractivity contribution in [1.29, 1.82) is 5.26 Å². The van der Waals surface area contributed by atoms with Crippen molar-refractivity contribution in [1.82, 2.24) is 30.4 Å². The molecule has 4 heterocycles. The van der Waals surface area contributed by atoms with Gasteiger partial charge in [0, 0.05) is 18.7 Å². The number of β-lactam (4-membered cyclic amide) rings is 1. The zero-order valence-corrected chi connectivity index (χ0v) is 18.0. The second-order valence-corrected chi connectivity index (χ2v) is 7.46. The van der Waals surface area contributed by atoms with E-state index in [1.807, 2.05) is 6.07 Å². The third-order valence-corrected chi connectivity index (χ3v) is 6.42. The van der Waals surface area contributed by atoms with E-state index in [9.17, 15) is 19.5 Å². The Bertz CT molecular complexity index is 941. The van der Waals surface area contributed by atoms with Gasteiger partial charge in [0.2, 0.25) is 11.1 Å². The van der Waals surface area contributed by atoms with Crippen LogP contribution in [0.15, 0.2) is 16.4 Å². The number of nitrogens with zero attached hydrogens (tertiary/aromatic N) is 6. The van der Waals surface area contributed by atoms with E-state index in [1.54, 1.807) is 7.05 Å². The van der Waals surface area contributed by atoms with Crippen molar-refractivity contribution in [3.63, 3.8) is 0 Å². The third-order valence-electron chi connectivity index (χ3n) is 5.36. The van der Waals surface area contributed by atoms with Crippen molar-refractivity contribution in [2.24, 2.45) is 13.0 Å². The van der Waals surface area contributed by atoms with E-state index >= 15 is 0 Å². The molecule has 1 amide bonds. The summed E-state index contributed by atoms with van der Waals surface area (Å²) in [5, 5.41) is 35.5. The largest absolute Gasteiger partial charge is 1.00 e. The van der Waals surface area contributed by atoms with Crippen LogP contribution in [0, 0.1) is 17.2 Å². The molecule has 2 fully saturated rings. The van der Waals surface area contributed by atoms with E-state index in [0.717, 1.165) is 4.90 Å². The van der Waals surface area contributed by atoms with Crippen LogP contribution in [0.4, 0.5) is 0 Å². The quantitative estimate of drug-likeness (QED) is 0.272. The molecule has 0 radical (unpaired) electrons. The maximum absolute atomic E-state index is 12.8. The van der Waals surface area contributed by atoms with Gasteiger partial charge in [-0.3, -0.25) is 14.5 Å². The van der Waals surface area contributed by atoms with E-state index < -0.39 is 41.6 Å². The molecule has 0 bridgehead atoms. The normalized spacial score (nSPS) is 27.6. The monoisotopic (exact) mass is 411 g/mol. The molecule has 3 aliphatic rings. The minimum absolute atomic E-state index is 0. The molecule has 0 aliphatic carbocycles. The first-order valence-electron chi connectivity index (χ1n) is 8.21. The number of thioether (sulfide) groups is 1. The maximum Gasteiger partial charge on any atom is 1.00 e. The van der Waals surface area contributed by atoms with Crippen LogP contribution in [0.3, 0.4) is 0 Å². The first kappa shape index (κ1) is 20.9. The van der Waals surface area contributed by atoms with Crippen LogP contribution < -0.4 is 40.0 Å². The van der Waals surface area contributed by atoms with E-state index in [0.29, 0.717) is 23.7 Å². The molecule has 140 valence electrons. The van der Waals surface area contributed by atoms with Gasteiger partial charge in [0.1, 0.15) is 11.6 Å². The zero-order valence-electron chi connectivity index (χ0n) is 15.2. The van der Waals surface area contributed by atoms with Gasteiger partial charge < -0.3 is 15.2 Å². The van der Waals surface area contributed by atoms with Crippen molar-refractivity contribution >= 4 is 29.4 Å². The molecule has 1 unspecified atom stereocenters. The minimum Gasteiger partial charge on any atom is -0.543 e. The summed E-state index contributed by atoms with van der Waals surface area (Å²) in [6, 6.07) is 1.00. The molecule has 0 saturated carbocycles. The molecule has 0 aromatic carbocycles. The Morgan fingerprint density at radius 1 is 1.50 bits per heavy atom. The average molecular weight is 411 g/mol. The van der Waals surface area contributed by atoms with Crippen LogP contribution in [0.2, 0.25) is 0 Å². The predicted octanol–water partition coefficient (Wildman–Crippen LogP) is -5.63. The van der Waals surface area contributed by atoms with Crippen LogP contribution in [-0.4, -0.2) is 66.6 Å². The van der Waals surface area contributed by atoms with Crippen molar-refractivity contribution in [2.75, 3.05) is 12.3 Å². The van der Waals surface area contributed by atoms with Gasteiger partial charge in [-0.05, 0) is 29.0 Å². The fourth-order valence-electron chi connectivity index (χ4n) is 4.37. The predicted molar refractivity (Wildman–Crippen MR) is 86.3 cm³/mol. The summed E-state index contributed by atoms with van der Waals surface area (Å²) >= 11 is 1.22. The number of piperidine rings is 1. The summed E-state index contributed by atoms with van der Waals surface area (Å²) in [6.07, 6.45) is 0.0770. The van der Waals surface area contributed by atoms with Gasteiger partial charge in [0.05, 0.1) is 24.2 Å². The summed E-state index contributed by atoms with van der Waals surface area (Å²) in [5.74, 6) is -2.73. The molecular formula is C15H14N7NaO4S. The van der Waals surface area contributed by atoms with Crippen molar-refractivity contribution in [3.8, 4) is 6.07 Å². The standard InChI is InChI=1S/C15H15N7O4S.Na/c1-21-14(18-19-20-21)27-6-7-8-3-5-17-11-12(24)22(10(7)13(25)26)15(8,11)9(23)2-4-16;/h8,11,17H,2-3,5-6H2,1H3,(H,25,26);/q;+1/p-1/t8?,11-,15+;/m1./s1. The fraction of sp³-hybridized carbons (Fsp3) is 0.533. The molecule has 3 atom stereocenters. The number of carbonyl (C=O) groups excluding carboxylic acids is 3. The zero-order chi connectivity index (χ0) is 19.3. The van der Waals surface area contributed by atoms with Gasteiger partial charge in [0.25, 0.3) is 0 Å². The number of hydrogen-bond donors (Lipinski definition) is 1. The molecular weight excluding hydrogens is 397 g/mol. The Morgan fingerprint density at radius 3 is 2.86 bits per heavy atom. The number of nitriles is 1. The topological polar surface area (TPSA) is 157 Å². The van der Waals surface area contributed by atoms with Crippen molar-refractivity contribution in [2.45, 2.75) is 29.6 Å². The van der Waals surface area contributed by atoms with Crippen LogP contribution in [0.1, 0.15) is 12.8 Å². The fourth-order valence-corrected chi connectivity index (χ4v) is 5.31. The van der Waals surface area contributed by atoms with Gasteiger partial charge in [0.15, 0.2) is 5.78 Å². The smallest absolute Gasteiger partial charge is 0.543 e. The molecule has 1 aromatic heterocycles. The molecule has 28 heavy (non-hydrogen) atoms. The van der Waals surface area contributed by atoms with Gasteiger partial charge >= 0.3 is 29.6 Å². The minimum atomic E-state index is -1.51. The molecule has 13 heteroatoms. The number of Topliss-reactive ketones (excluding diaryl/α,β-unsaturated/α-hetero) is 1. The Hall–Kier alpha value is -1.78. The number of ketones is 1. The number of carboxylic acids is 1. The van der Waals surface area contributed by atoms with Gasteiger partial charge in [-0.1, -0.05) is 11.8 Å². The molecule has 2 saturated heterocycles. The third kappa shape index (κ3) is 2.65.